The summed E-state index contributed by atoms with van der Waals surface area (Å²) in [5.74, 6) is -0.527. The number of nitrogens with one attached hydrogen (secondary N) is 1. The van der Waals surface area contributed by atoms with E-state index in [4.69, 9.17) is 15.3 Å². The number of methoxy groups -OCH3 is 1. The zero-order chi connectivity index (χ0) is 31.9. The van der Waals surface area contributed by atoms with Crippen molar-refractivity contribution in [2.45, 2.75) is 38.3 Å². The van der Waals surface area contributed by atoms with Crippen molar-refractivity contribution in [3.63, 3.8) is 0 Å². The van der Waals surface area contributed by atoms with Crippen LogP contribution in [0.4, 0.5) is 48.2 Å². The Bertz CT molecular complexity index is 1700. The van der Waals surface area contributed by atoms with Crippen LogP contribution in [0.5, 0.6) is 5.75 Å². The Morgan fingerprint density at radius 3 is 2.00 bits per heavy atom. The number of rotatable bonds is 6. The molecule has 3 aromatic rings. The zero-order valence-corrected chi connectivity index (χ0v) is 22.7. The molecule has 1 heterocycles. The van der Waals surface area contributed by atoms with Gasteiger partial charge in [-0.1, -0.05) is 0 Å². The van der Waals surface area contributed by atoms with Gasteiger partial charge in [-0.15, -0.1) is 0 Å². The fraction of sp³-hybridized carbons (Fsp3) is 0.241. The minimum atomic E-state index is -4.93. The number of nitrogens with zero attached hydrogens (tertiary/aromatic N) is 4. The van der Waals surface area contributed by atoms with Gasteiger partial charge in [-0.25, -0.2) is 9.69 Å². The molecule has 0 aromatic heterocycles. The maximum atomic E-state index is 13.6. The van der Waals surface area contributed by atoms with Crippen molar-refractivity contribution < 1.29 is 40.7 Å². The molecule has 222 valence electrons. The van der Waals surface area contributed by atoms with Gasteiger partial charge in [0.1, 0.15) is 11.3 Å². The molecule has 1 fully saturated rings. The molecule has 0 aliphatic carbocycles. The molecule has 0 spiro atoms. The number of imide groups is 1. The van der Waals surface area contributed by atoms with E-state index in [9.17, 15) is 35.9 Å². The Labute approximate surface area is 241 Å². The molecule has 3 aromatic carbocycles. The SMILES string of the molecule is COc1ccc(Nc2ccc(C#N)c(C(F)(F)F)c2)c(CN2C(=O)N(c3ccc(C#N)c(C(F)(F)F)c3)C(=O)C2(C)C)c1. The third-order valence-corrected chi connectivity index (χ3v) is 6.88. The number of ether oxygens (including phenoxy) is 1. The molecule has 4 rings (SSSR count). The van der Waals surface area contributed by atoms with Crippen LogP contribution in [0.2, 0.25) is 0 Å². The van der Waals surface area contributed by atoms with Gasteiger partial charge in [0.05, 0.1) is 53.7 Å². The van der Waals surface area contributed by atoms with Crippen LogP contribution < -0.4 is 15.0 Å². The molecule has 0 atom stereocenters. The lowest BCUT2D eigenvalue weighted by atomic mass is 10.0. The van der Waals surface area contributed by atoms with E-state index in [2.05, 4.69) is 5.32 Å². The van der Waals surface area contributed by atoms with Crippen LogP contribution in [0, 0.1) is 22.7 Å². The number of anilines is 3. The van der Waals surface area contributed by atoms with Crippen molar-refractivity contribution in [2.75, 3.05) is 17.3 Å². The van der Waals surface area contributed by atoms with Crippen LogP contribution in [0.15, 0.2) is 54.6 Å². The molecule has 1 saturated heterocycles. The Morgan fingerprint density at radius 2 is 1.44 bits per heavy atom. The lowest BCUT2D eigenvalue weighted by molar-refractivity contribution is -0.138. The first-order chi connectivity index (χ1) is 20.0. The van der Waals surface area contributed by atoms with Gasteiger partial charge >= 0.3 is 18.4 Å². The third kappa shape index (κ3) is 5.77. The van der Waals surface area contributed by atoms with Crippen LogP contribution in [0.3, 0.4) is 0 Å². The van der Waals surface area contributed by atoms with Gasteiger partial charge in [0, 0.05) is 11.4 Å². The average Bonchev–Trinajstić information content (AvgIpc) is 3.11. The van der Waals surface area contributed by atoms with E-state index in [-0.39, 0.29) is 17.9 Å². The fourth-order valence-electron chi connectivity index (χ4n) is 4.56. The first kappa shape index (κ1) is 30.7. The summed E-state index contributed by atoms with van der Waals surface area (Å²) < 4.78 is 86.6. The fourth-order valence-corrected chi connectivity index (χ4v) is 4.56. The molecule has 0 bridgehead atoms. The Morgan fingerprint density at radius 1 is 0.860 bits per heavy atom. The van der Waals surface area contributed by atoms with Crippen LogP contribution in [0.25, 0.3) is 0 Å². The summed E-state index contributed by atoms with van der Waals surface area (Å²) in [5, 5.41) is 21.0. The molecule has 8 nitrogen and oxygen atoms in total. The molecule has 43 heavy (non-hydrogen) atoms. The highest BCUT2D eigenvalue weighted by Crippen LogP contribution is 2.40. The highest BCUT2D eigenvalue weighted by molar-refractivity contribution is 6.23. The van der Waals surface area contributed by atoms with Gasteiger partial charge in [-0.05, 0) is 74.0 Å². The van der Waals surface area contributed by atoms with Crippen LogP contribution in [-0.2, 0) is 23.7 Å². The number of benzene rings is 3. The molecule has 3 amide bonds. The van der Waals surface area contributed by atoms with Gasteiger partial charge in [0.2, 0.25) is 0 Å². The summed E-state index contributed by atoms with van der Waals surface area (Å²) >= 11 is 0. The predicted octanol–water partition coefficient (Wildman–Crippen LogP) is 6.97. The second-order valence-electron chi connectivity index (χ2n) is 9.93. The van der Waals surface area contributed by atoms with Crippen molar-refractivity contribution in [1.82, 2.24) is 4.90 Å². The summed E-state index contributed by atoms with van der Waals surface area (Å²) in [5.41, 5.74) is -5.20. The summed E-state index contributed by atoms with van der Waals surface area (Å²) in [7, 11) is 1.36. The van der Waals surface area contributed by atoms with Crippen LogP contribution in [-0.4, -0.2) is 29.5 Å². The van der Waals surface area contributed by atoms with Gasteiger partial charge in [-0.3, -0.25) is 4.79 Å². The van der Waals surface area contributed by atoms with E-state index >= 15 is 0 Å². The quantitative estimate of drug-likeness (QED) is 0.242. The van der Waals surface area contributed by atoms with E-state index in [0.717, 1.165) is 29.2 Å². The van der Waals surface area contributed by atoms with E-state index in [0.29, 0.717) is 22.3 Å². The third-order valence-electron chi connectivity index (χ3n) is 6.88. The topological polar surface area (TPSA) is 109 Å². The van der Waals surface area contributed by atoms with E-state index < -0.39 is 57.8 Å². The number of carbonyl (C=O) groups excluding carboxylic acids is 2. The standard InChI is InChI=1S/C29H21F6N5O3/c1-27(2)25(41)40(20-7-5-17(14-37)23(12-20)29(33,34)35)26(42)39(27)15-18-10-21(43-3)8-9-24(18)38-19-6-4-16(13-36)22(11-19)28(30,31)32/h4-12,38H,15H2,1-3H3. The minimum absolute atomic E-state index is 0.0280. The lowest BCUT2D eigenvalue weighted by Crippen LogP contribution is -2.43. The summed E-state index contributed by atoms with van der Waals surface area (Å²) in [6, 6.07) is 11.9. The Hall–Kier alpha value is -5.24. The smallest absolute Gasteiger partial charge is 0.417 e. The molecular formula is C29H21F6N5O3. The number of carbonyl (C=O) groups is 2. The molecule has 14 heteroatoms. The lowest BCUT2D eigenvalue weighted by Gasteiger charge is -2.29. The van der Waals surface area contributed by atoms with Gasteiger partial charge < -0.3 is 15.0 Å². The van der Waals surface area contributed by atoms with Crippen molar-refractivity contribution in [2.24, 2.45) is 0 Å². The molecule has 1 N–H and O–H groups in total. The first-order valence-electron chi connectivity index (χ1n) is 12.4. The van der Waals surface area contributed by atoms with Crippen molar-refractivity contribution >= 4 is 29.0 Å². The molecular weight excluding hydrogens is 580 g/mol. The molecule has 0 saturated carbocycles. The van der Waals surface area contributed by atoms with Crippen LogP contribution >= 0.6 is 0 Å². The Kier molecular flexibility index (Phi) is 7.76. The van der Waals surface area contributed by atoms with Gasteiger partial charge in [-0.2, -0.15) is 36.9 Å². The second kappa shape index (κ2) is 10.9. The van der Waals surface area contributed by atoms with E-state index in [1.807, 2.05) is 0 Å². The van der Waals surface area contributed by atoms with E-state index in [1.54, 1.807) is 0 Å². The van der Waals surface area contributed by atoms with Gasteiger partial charge in [0.25, 0.3) is 5.91 Å². The largest absolute Gasteiger partial charge is 0.497 e. The van der Waals surface area contributed by atoms with Crippen molar-refractivity contribution in [3.8, 4) is 17.9 Å². The number of hydrogen-bond acceptors (Lipinski definition) is 6. The highest BCUT2D eigenvalue weighted by Gasteiger charge is 2.52. The zero-order valence-electron chi connectivity index (χ0n) is 22.7. The summed E-state index contributed by atoms with van der Waals surface area (Å²) in [6.07, 6.45) is -9.74. The van der Waals surface area contributed by atoms with Crippen molar-refractivity contribution in [3.05, 3.63) is 82.4 Å². The number of amides is 3. The second-order valence-corrected chi connectivity index (χ2v) is 9.93. The minimum Gasteiger partial charge on any atom is -0.497 e. The maximum absolute atomic E-state index is 13.6. The monoisotopic (exact) mass is 601 g/mol. The summed E-state index contributed by atoms with van der Waals surface area (Å²) in [4.78, 5) is 28.6. The number of alkyl halides is 6. The maximum Gasteiger partial charge on any atom is 0.417 e. The number of hydrogen-bond donors (Lipinski definition) is 1. The van der Waals surface area contributed by atoms with Gasteiger partial charge in [0.15, 0.2) is 0 Å². The average molecular weight is 602 g/mol. The van der Waals surface area contributed by atoms with Crippen LogP contribution in [0.1, 0.15) is 41.7 Å². The molecule has 1 aliphatic heterocycles. The molecule has 1 aliphatic rings. The molecule has 0 unspecified atom stereocenters. The Balaban J connectivity index is 1.73. The molecule has 0 radical (unpaired) electrons. The highest BCUT2D eigenvalue weighted by atomic mass is 19.4. The number of halogens is 6. The number of urea groups is 1. The number of nitriles is 2. The first-order valence-corrected chi connectivity index (χ1v) is 12.4. The predicted molar refractivity (Wildman–Crippen MR) is 141 cm³/mol. The van der Waals surface area contributed by atoms with Crippen molar-refractivity contribution in [1.29, 1.82) is 10.5 Å². The van der Waals surface area contributed by atoms with E-state index in [1.165, 1.54) is 57.4 Å². The summed E-state index contributed by atoms with van der Waals surface area (Å²) in [6.45, 7) is 2.48. The normalized spacial score (nSPS) is 14.9.